The van der Waals surface area contributed by atoms with Crippen LogP contribution in [0.4, 0.5) is 0 Å². The fraction of sp³-hybridized carbons (Fsp3) is 0.444. The van der Waals surface area contributed by atoms with Gasteiger partial charge in [-0.2, -0.15) is 0 Å². The van der Waals surface area contributed by atoms with Gasteiger partial charge in [0.05, 0.1) is 20.8 Å². The summed E-state index contributed by atoms with van der Waals surface area (Å²) < 4.78 is 23.8. The minimum atomic E-state index is -0.910. The molecule has 4 aliphatic rings. The summed E-state index contributed by atoms with van der Waals surface area (Å²) in [6.45, 7) is -0.0221. The summed E-state index contributed by atoms with van der Waals surface area (Å²) in [6, 6.07) is 10.9. The van der Waals surface area contributed by atoms with Crippen molar-refractivity contribution >= 4 is 21.6 Å². The predicted molar refractivity (Wildman–Crippen MR) is 181 cm³/mol. The molecule has 4 bridgehead atoms. The van der Waals surface area contributed by atoms with E-state index in [2.05, 4.69) is 12.2 Å². The second-order valence-corrected chi connectivity index (χ2v) is 15.2. The molecule has 4 N–H and O–H groups in total. The highest BCUT2D eigenvalue weighted by atomic mass is 33.1. The van der Waals surface area contributed by atoms with Gasteiger partial charge in [-0.3, -0.25) is 0 Å². The number of phenolic OH excluding ortho intramolecular Hbond substituents is 2. The first-order valence-electron chi connectivity index (χ1n) is 15.9. The highest BCUT2D eigenvalue weighted by Crippen LogP contribution is 2.57. The molecule has 244 valence electrons. The molecule has 0 fully saturated rings. The standard InChI is InChI=1S/C36H40O8S2/c1-41-30-14-21(15-31(42-2)35(30)40)36-34(39)27-18-45-46-23-5-3-4-19(12-23)6-7-20-13-26-32(24-9-8-22(38)16-25(20)24)28(43-11-10-37)17-29(44-36)33(26)27/h3,5,8-9,14-17,19-20,23,27,34,36-40H,4,6-7,10-13,18H2,1-2H3/t19-,20+,23+,27-,34-,36-/m1/s1. The summed E-state index contributed by atoms with van der Waals surface area (Å²) in [5.41, 5.74) is 5.78. The Morgan fingerprint density at radius 2 is 1.80 bits per heavy atom. The Kier molecular flexibility index (Phi) is 8.98. The number of aliphatic hydroxyl groups excluding tert-OH is 2. The first-order chi connectivity index (χ1) is 22.4. The maximum Gasteiger partial charge on any atom is 0.200 e. The summed E-state index contributed by atoms with van der Waals surface area (Å²) >= 11 is 0. The molecule has 2 heterocycles. The Morgan fingerprint density at radius 1 is 1.00 bits per heavy atom. The fourth-order valence-electron chi connectivity index (χ4n) is 7.69. The van der Waals surface area contributed by atoms with E-state index in [1.165, 1.54) is 14.2 Å². The van der Waals surface area contributed by atoms with Gasteiger partial charge in [0.1, 0.15) is 30.0 Å². The molecule has 0 unspecified atom stereocenters. The van der Waals surface area contributed by atoms with Gasteiger partial charge in [0.15, 0.2) is 17.6 Å². The zero-order chi connectivity index (χ0) is 31.9. The quantitative estimate of drug-likeness (QED) is 0.164. The van der Waals surface area contributed by atoms with Crippen molar-refractivity contribution in [2.75, 3.05) is 33.2 Å². The van der Waals surface area contributed by atoms with E-state index in [1.54, 1.807) is 29.0 Å². The van der Waals surface area contributed by atoms with E-state index in [-0.39, 0.29) is 48.0 Å². The van der Waals surface area contributed by atoms with Gasteiger partial charge >= 0.3 is 0 Å². The van der Waals surface area contributed by atoms with Crippen molar-refractivity contribution in [3.8, 4) is 45.6 Å². The summed E-state index contributed by atoms with van der Waals surface area (Å²) in [6.07, 6.45) is 8.00. The summed E-state index contributed by atoms with van der Waals surface area (Å²) in [7, 11) is 6.63. The molecule has 0 amide bonds. The molecule has 0 radical (unpaired) electrons. The van der Waals surface area contributed by atoms with Crippen LogP contribution in [0.3, 0.4) is 0 Å². The smallest absolute Gasteiger partial charge is 0.200 e. The normalized spacial score (nSPS) is 26.4. The first-order valence-corrected chi connectivity index (χ1v) is 18.3. The van der Waals surface area contributed by atoms with Gasteiger partial charge in [0.2, 0.25) is 5.75 Å². The monoisotopic (exact) mass is 664 g/mol. The summed E-state index contributed by atoms with van der Waals surface area (Å²) in [5, 5.41) is 43.6. The Morgan fingerprint density at radius 3 is 2.57 bits per heavy atom. The van der Waals surface area contributed by atoms with Crippen LogP contribution in [-0.2, 0) is 6.42 Å². The molecular weight excluding hydrogens is 625 g/mol. The van der Waals surface area contributed by atoms with Gasteiger partial charge in [-0.05, 0) is 84.9 Å². The highest BCUT2D eigenvalue weighted by Gasteiger charge is 2.44. The molecule has 46 heavy (non-hydrogen) atoms. The Balaban J connectivity index is 1.42. The highest BCUT2D eigenvalue weighted by molar-refractivity contribution is 8.77. The number of phenols is 2. The molecule has 0 saturated carbocycles. The Labute approximate surface area is 277 Å². The van der Waals surface area contributed by atoms with Gasteiger partial charge in [-0.1, -0.05) is 39.8 Å². The van der Waals surface area contributed by atoms with Crippen molar-refractivity contribution in [3.63, 3.8) is 0 Å². The largest absolute Gasteiger partial charge is 0.508 e. The molecule has 2 aliphatic carbocycles. The lowest BCUT2D eigenvalue weighted by Gasteiger charge is -2.41. The van der Waals surface area contributed by atoms with E-state index >= 15 is 0 Å². The SMILES string of the molecule is COc1cc([C@H]2Oc3cc(OCCO)c4c5c3[C@@H](CSS[C@H]3C=CC[C@H](CC[C@@H](C5)c5cc(O)ccc5-4)C3)[C@H]2O)cc(OC)c1O. The zero-order valence-corrected chi connectivity index (χ0v) is 27.6. The molecule has 0 aromatic heterocycles. The number of ether oxygens (including phenoxy) is 4. The lowest BCUT2D eigenvalue weighted by atomic mass is 9.71. The fourth-order valence-corrected chi connectivity index (χ4v) is 10.6. The van der Waals surface area contributed by atoms with Gasteiger partial charge in [-0.25, -0.2) is 0 Å². The van der Waals surface area contributed by atoms with Crippen LogP contribution in [0.1, 0.15) is 65.9 Å². The maximum absolute atomic E-state index is 12.2. The number of fused-ring (bicyclic) bond motifs is 6. The van der Waals surface area contributed by atoms with Crippen LogP contribution in [0, 0.1) is 5.92 Å². The number of hydrogen-bond acceptors (Lipinski definition) is 10. The number of aromatic hydroxyl groups is 2. The van der Waals surface area contributed by atoms with Crippen molar-refractivity contribution in [1.29, 1.82) is 0 Å². The average Bonchev–Trinajstić information content (AvgIpc) is 3.07. The van der Waals surface area contributed by atoms with Gasteiger partial charge in [0, 0.05) is 39.7 Å². The van der Waals surface area contributed by atoms with Crippen molar-refractivity contribution in [2.45, 2.75) is 61.4 Å². The van der Waals surface area contributed by atoms with Crippen LogP contribution in [0.25, 0.3) is 11.1 Å². The molecule has 3 aromatic carbocycles. The van der Waals surface area contributed by atoms with Crippen molar-refractivity contribution in [2.24, 2.45) is 5.92 Å². The third kappa shape index (κ3) is 5.67. The molecule has 7 rings (SSSR count). The Bertz CT molecular complexity index is 1620. The predicted octanol–water partition coefficient (Wildman–Crippen LogP) is 6.88. The lowest BCUT2D eigenvalue weighted by molar-refractivity contribution is 0.00415. The molecule has 2 aliphatic heterocycles. The van der Waals surface area contributed by atoms with Gasteiger partial charge in [-0.15, -0.1) is 0 Å². The molecular formula is C36H40O8S2. The van der Waals surface area contributed by atoms with E-state index in [0.29, 0.717) is 34.0 Å². The van der Waals surface area contributed by atoms with E-state index in [1.807, 2.05) is 29.0 Å². The minimum Gasteiger partial charge on any atom is -0.508 e. The molecule has 6 atom stereocenters. The molecule has 10 heteroatoms. The molecule has 0 saturated heterocycles. The number of rotatable bonds is 6. The van der Waals surface area contributed by atoms with Crippen LogP contribution < -0.4 is 18.9 Å². The van der Waals surface area contributed by atoms with Crippen molar-refractivity contribution < 1.29 is 39.4 Å². The first kappa shape index (κ1) is 31.4. The molecule has 0 spiro atoms. The van der Waals surface area contributed by atoms with Crippen LogP contribution in [-0.4, -0.2) is 65.0 Å². The van der Waals surface area contributed by atoms with Crippen molar-refractivity contribution in [1.82, 2.24) is 0 Å². The third-order valence-corrected chi connectivity index (χ3v) is 12.7. The lowest BCUT2D eigenvalue weighted by Crippen LogP contribution is -2.37. The Hall–Kier alpha value is -3.18. The van der Waals surface area contributed by atoms with Crippen LogP contribution in [0.15, 0.2) is 48.6 Å². The van der Waals surface area contributed by atoms with Crippen molar-refractivity contribution in [3.05, 3.63) is 70.8 Å². The number of methoxy groups -OCH3 is 2. The van der Waals surface area contributed by atoms with E-state index in [9.17, 15) is 20.4 Å². The average molecular weight is 665 g/mol. The van der Waals surface area contributed by atoms with Crippen LogP contribution in [0.2, 0.25) is 0 Å². The number of allylic oxidation sites excluding steroid dienone is 1. The molecule has 8 nitrogen and oxygen atoms in total. The number of aliphatic hydroxyl groups is 2. The maximum atomic E-state index is 12.2. The second kappa shape index (κ2) is 13.1. The number of hydrogen-bond donors (Lipinski definition) is 4. The zero-order valence-electron chi connectivity index (χ0n) is 26.0. The number of benzene rings is 3. The second-order valence-electron chi connectivity index (χ2n) is 12.6. The topological polar surface area (TPSA) is 118 Å². The summed E-state index contributed by atoms with van der Waals surface area (Å²) in [4.78, 5) is 0. The van der Waals surface area contributed by atoms with E-state index in [0.717, 1.165) is 59.9 Å². The van der Waals surface area contributed by atoms with E-state index in [4.69, 9.17) is 18.9 Å². The van der Waals surface area contributed by atoms with Gasteiger partial charge in [0.25, 0.3) is 0 Å². The summed E-state index contributed by atoms with van der Waals surface area (Å²) in [5.74, 6) is 3.00. The van der Waals surface area contributed by atoms with Crippen LogP contribution >= 0.6 is 21.6 Å². The van der Waals surface area contributed by atoms with Gasteiger partial charge < -0.3 is 39.4 Å². The molecule has 3 aromatic rings. The van der Waals surface area contributed by atoms with Crippen LogP contribution in [0.5, 0.6) is 34.5 Å². The van der Waals surface area contributed by atoms with E-state index < -0.39 is 12.2 Å². The minimum absolute atomic E-state index is 0.114. The third-order valence-electron chi connectivity index (χ3n) is 9.87.